The second-order valence-electron chi connectivity index (χ2n) is 6.67. The summed E-state index contributed by atoms with van der Waals surface area (Å²) < 4.78 is 14.8. The van der Waals surface area contributed by atoms with E-state index in [9.17, 15) is 4.39 Å². The molecular formula is C21H24FIN6. The highest BCUT2D eigenvalue weighted by Crippen LogP contribution is 2.28. The van der Waals surface area contributed by atoms with Crippen molar-refractivity contribution >= 4 is 28.6 Å². The van der Waals surface area contributed by atoms with Gasteiger partial charge in [0.25, 0.3) is 0 Å². The number of nitrogens with zero attached hydrogens (tertiary/aromatic N) is 3. The van der Waals surface area contributed by atoms with Gasteiger partial charge in [-0.05, 0) is 77.7 Å². The number of imidazole rings is 1. The molecule has 3 aromatic rings. The van der Waals surface area contributed by atoms with Crippen molar-refractivity contribution in [3.63, 3.8) is 0 Å². The highest BCUT2D eigenvalue weighted by atomic mass is 127. The molecule has 0 aliphatic heterocycles. The summed E-state index contributed by atoms with van der Waals surface area (Å²) in [4.78, 5) is 15.9. The molecule has 0 spiro atoms. The average Bonchev–Trinajstić information content (AvgIpc) is 3.22. The maximum atomic E-state index is 13.9. The predicted molar refractivity (Wildman–Crippen MR) is 121 cm³/mol. The Morgan fingerprint density at radius 3 is 2.93 bits per heavy atom. The first-order valence-electron chi connectivity index (χ1n) is 9.50. The number of H-pyrrole nitrogens is 1. The molecule has 1 unspecified atom stereocenters. The van der Waals surface area contributed by atoms with Crippen LogP contribution in [0.15, 0.2) is 60.1 Å². The fourth-order valence-corrected chi connectivity index (χ4v) is 3.79. The number of pyridine rings is 1. The fraction of sp³-hybridized carbons (Fsp3) is 0.286. The number of rotatable bonds is 9. The van der Waals surface area contributed by atoms with Crippen LogP contribution in [0.3, 0.4) is 0 Å². The van der Waals surface area contributed by atoms with E-state index in [0.717, 1.165) is 39.8 Å². The van der Waals surface area contributed by atoms with E-state index in [-0.39, 0.29) is 11.7 Å². The van der Waals surface area contributed by atoms with E-state index in [1.165, 1.54) is 6.07 Å². The lowest BCUT2D eigenvalue weighted by atomic mass is 9.92. The molecule has 0 saturated heterocycles. The third-order valence-electron chi connectivity index (χ3n) is 4.51. The maximum Gasteiger partial charge on any atom is 0.188 e. The van der Waals surface area contributed by atoms with Crippen molar-refractivity contribution in [2.45, 2.75) is 25.2 Å². The summed E-state index contributed by atoms with van der Waals surface area (Å²) in [6.45, 7) is 1.26. The average molecular weight is 506 g/mol. The van der Waals surface area contributed by atoms with E-state index in [2.05, 4.69) is 47.9 Å². The number of hydrogen-bond acceptors (Lipinski definition) is 3. The molecule has 29 heavy (non-hydrogen) atoms. The first kappa shape index (κ1) is 21.2. The molecule has 0 fully saturated rings. The van der Waals surface area contributed by atoms with Gasteiger partial charge >= 0.3 is 0 Å². The van der Waals surface area contributed by atoms with Gasteiger partial charge in [0.2, 0.25) is 0 Å². The van der Waals surface area contributed by atoms with Gasteiger partial charge in [0.15, 0.2) is 5.96 Å². The summed E-state index contributed by atoms with van der Waals surface area (Å²) in [6.07, 6.45) is 7.75. The number of guanidine groups is 1. The summed E-state index contributed by atoms with van der Waals surface area (Å²) in [6, 6.07) is 10.9. The van der Waals surface area contributed by atoms with Gasteiger partial charge in [-0.15, -0.1) is 0 Å². The van der Waals surface area contributed by atoms with Gasteiger partial charge in [-0.25, -0.2) is 9.37 Å². The number of benzene rings is 1. The van der Waals surface area contributed by atoms with Crippen LogP contribution in [0, 0.1) is 9.39 Å². The second kappa shape index (κ2) is 10.9. The van der Waals surface area contributed by atoms with E-state index < -0.39 is 0 Å². The summed E-state index contributed by atoms with van der Waals surface area (Å²) in [5, 5.41) is 3.16. The van der Waals surface area contributed by atoms with Crippen molar-refractivity contribution in [2.75, 3.05) is 13.1 Å². The largest absolute Gasteiger partial charge is 0.370 e. The number of aliphatic imine (C=N–C) groups is 1. The van der Waals surface area contributed by atoms with Gasteiger partial charge in [0, 0.05) is 46.4 Å². The quantitative estimate of drug-likeness (QED) is 0.179. The summed E-state index contributed by atoms with van der Waals surface area (Å²) >= 11 is 2.13. The zero-order valence-electron chi connectivity index (χ0n) is 16.0. The minimum atomic E-state index is -0.237. The molecule has 3 rings (SSSR count). The zero-order chi connectivity index (χ0) is 20.5. The van der Waals surface area contributed by atoms with Crippen molar-refractivity contribution in [3.05, 3.63) is 81.5 Å². The van der Waals surface area contributed by atoms with Gasteiger partial charge in [0.05, 0.1) is 6.33 Å². The maximum absolute atomic E-state index is 13.9. The van der Waals surface area contributed by atoms with Crippen molar-refractivity contribution < 1.29 is 4.39 Å². The third kappa shape index (κ3) is 6.81. The van der Waals surface area contributed by atoms with Crippen LogP contribution < -0.4 is 11.1 Å². The van der Waals surface area contributed by atoms with Crippen LogP contribution in [0.4, 0.5) is 4.39 Å². The molecule has 2 heterocycles. The van der Waals surface area contributed by atoms with E-state index in [0.29, 0.717) is 19.0 Å². The van der Waals surface area contributed by atoms with E-state index in [4.69, 9.17) is 5.73 Å². The summed E-state index contributed by atoms with van der Waals surface area (Å²) in [5.74, 6) is 0.156. The molecule has 152 valence electrons. The molecule has 2 aromatic heterocycles. The van der Waals surface area contributed by atoms with Crippen molar-refractivity contribution in [1.29, 1.82) is 0 Å². The number of nitrogens with one attached hydrogen (secondary N) is 2. The second-order valence-corrected chi connectivity index (χ2v) is 7.92. The first-order chi connectivity index (χ1) is 14.1. The lowest BCUT2D eigenvalue weighted by molar-refractivity contribution is 0.615. The molecule has 0 saturated carbocycles. The standard InChI is InChI=1S/C21H24FIN6/c22-16-10-15(11-17(23)12-16)19(20-5-1-2-7-26-20)6-9-28-21(24)27-8-3-4-18-13-25-14-29-18/h1-2,5,7,10-14,19H,3-4,6,8-9H2,(H,25,29)(H3,24,27,28). The van der Waals surface area contributed by atoms with E-state index >= 15 is 0 Å². The van der Waals surface area contributed by atoms with Crippen LogP contribution in [0.2, 0.25) is 0 Å². The van der Waals surface area contributed by atoms with Crippen molar-refractivity contribution in [3.8, 4) is 0 Å². The Morgan fingerprint density at radius 1 is 1.31 bits per heavy atom. The molecule has 1 atom stereocenters. The summed E-state index contributed by atoms with van der Waals surface area (Å²) in [7, 11) is 0. The molecule has 6 nitrogen and oxygen atoms in total. The van der Waals surface area contributed by atoms with Crippen LogP contribution in [-0.4, -0.2) is 34.0 Å². The zero-order valence-corrected chi connectivity index (χ0v) is 18.1. The normalized spacial score (nSPS) is 12.7. The van der Waals surface area contributed by atoms with Crippen molar-refractivity contribution in [2.24, 2.45) is 10.7 Å². The number of aromatic amines is 1. The van der Waals surface area contributed by atoms with Gasteiger partial charge in [0.1, 0.15) is 5.82 Å². The van der Waals surface area contributed by atoms with Crippen molar-refractivity contribution in [1.82, 2.24) is 20.3 Å². The van der Waals surface area contributed by atoms with Crippen LogP contribution in [0.5, 0.6) is 0 Å². The topological polar surface area (TPSA) is 92.0 Å². The van der Waals surface area contributed by atoms with Gasteiger partial charge in [-0.1, -0.05) is 6.07 Å². The van der Waals surface area contributed by atoms with Gasteiger partial charge in [-0.3, -0.25) is 9.98 Å². The fourth-order valence-electron chi connectivity index (χ4n) is 3.13. The Labute approximate surface area is 183 Å². The minimum absolute atomic E-state index is 0.0268. The lowest BCUT2D eigenvalue weighted by Crippen LogP contribution is -2.33. The number of halogens is 2. The predicted octanol–water partition coefficient (Wildman–Crippen LogP) is 3.61. The number of aryl methyl sites for hydroxylation is 1. The molecule has 0 aliphatic rings. The summed E-state index contributed by atoms with van der Waals surface area (Å²) in [5.41, 5.74) is 8.89. The first-order valence-corrected chi connectivity index (χ1v) is 10.6. The minimum Gasteiger partial charge on any atom is -0.370 e. The van der Waals surface area contributed by atoms with Gasteiger partial charge in [-0.2, -0.15) is 0 Å². The molecular weight excluding hydrogens is 482 g/mol. The monoisotopic (exact) mass is 506 g/mol. The molecule has 0 aliphatic carbocycles. The Hall–Kier alpha value is -2.49. The SMILES string of the molecule is NC(=NCCCc1cnc[nH]1)NCCC(c1cc(F)cc(I)c1)c1ccccn1. The van der Waals surface area contributed by atoms with E-state index in [1.54, 1.807) is 18.6 Å². The van der Waals surface area contributed by atoms with E-state index in [1.807, 2.05) is 30.5 Å². The molecule has 0 amide bonds. The molecule has 0 radical (unpaired) electrons. The molecule has 0 bridgehead atoms. The Balaban J connectivity index is 1.56. The lowest BCUT2D eigenvalue weighted by Gasteiger charge is -2.18. The van der Waals surface area contributed by atoms with Crippen LogP contribution in [-0.2, 0) is 6.42 Å². The van der Waals surface area contributed by atoms with Crippen LogP contribution >= 0.6 is 22.6 Å². The number of hydrogen-bond donors (Lipinski definition) is 3. The third-order valence-corrected chi connectivity index (χ3v) is 5.14. The number of aromatic nitrogens is 3. The van der Waals surface area contributed by atoms with Crippen LogP contribution in [0.25, 0.3) is 0 Å². The Bertz CT molecular complexity index is 894. The molecule has 8 heteroatoms. The highest BCUT2D eigenvalue weighted by molar-refractivity contribution is 14.1. The van der Waals surface area contributed by atoms with Crippen LogP contribution in [0.1, 0.15) is 35.7 Å². The molecule has 1 aromatic carbocycles. The Morgan fingerprint density at radius 2 is 2.21 bits per heavy atom. The Kier molecular flexibility index (Phi) is 7.97. The van der Waals surface area contributed by atoms with Gasteiger partial charge < -0.3 is 16.0 Å². The highest BCUT2D eigenvalue weighted by Gasteiger charge is 2.17. The smallest absolute Gasteiger partial charge is 0.188 e. The number of nitrogens with two attached hydrogens (primary N) is 1. The molecule has 4 N–H and O–H groups in total.